The van der Waals surface area contributed by atoms with Crippen LogP contribution in [0.5, 0.6) is 0 Å². The second-order valence-electron chi connectivity index (χ2n) is 11.5. The summed E-state index contributed by atoms with van der Waals surface area (Å²) >= 11 is 0. The van der Waals surface area contributed by atoms with Gasteiger partial charge in [-0.05, 0) is 41.5 Å². The molecular weight excluding hydrogens is 1140 g/mol. The highest BCUT2D eigenvalue weighted by molar-refractivity contribution is 5.12. The first-order chi connectivity index (χ1) is 44.0. The van der Waals surface area contributed by atoms with Gasteiger partial charge in [0, 0.05) is 83.3 Å². The summed E-state index contributed by atoms with van der Waals surface area (Å²) in [6, 6.07) is 44.5. The van der Waals surface area contributed by atoms with E-state index in [1.165, 1.54) is 17.2 Å². The van der Waals surface area contributed by atoms with Crippen LogP contribution in [0.15, 0.2) is 197 Å². The fourth-order valence-corrected chi connectivity index (χ4v) is 2.64. The fraction of sp³-hybridized carbons (Fsp3) is 0.590. The molecule has 0 aromatic heterocycles. The molecule has 0 amide bonds. The number of benzene rings is 4. The Bertz CT molecular complexity index is 1090. The monoisotopic (exact) mass is 1320 g/mol. The Morgan fingerprint density at radius 3 is 0.402 bits per heavy atom. The van der Waals surface area contributed by atoms with Crippen molar-refractivity contribution in [3.8, 4) is 0 Å². The van der Waals surface area contributed by atoms with Gasteiger partial charge in [-0.15, -0.1) is 32.9 Å². The van der Waals surface area contributed by atoms with Gasteiger partial charge in [0.1, 0.15) is 0 Å². The molecule has 0 aliphatic carbocycles. The summed E-state index contributed by atoms with van der Waals surface area (Å²) in [5.74, 6) is 0. The van der Waals surface area contributed by atoms with Crippen LogP contribution in [-0.4, -0.2) is 121 Å². The average Bonchev–Trinajstić information content (AvgIpc) is 3.64. The van der Waals surface area contributed by atoms with Crippen molar-refractivity contribution in [3.63, 3.8) is 0 Å². The molecule has 0 unspecified atom stereocenters. The van der Waals surface area contributed by atoms with E-state index in [0.29, 0.717) is 26.4 Å². The molecule has 0 atom stereocenters. The van der Waals surface area contributed by atoms with Gasteiger partial charge >= 0.3 is 0 Å². The van der Waals surface area contributed by atoms with E-state index in [0.717, 1.165) is 26.4 Å². The molecular formula is C83H178O9. The molecule has 0 radical (unpaired) electrons. The molecule has 0 saturated carbocycles. The van der Waals surface area contributed by atoms with Crippen molar-refractivity contribution < 1.29 is 43.0 Å². The molecule has 0 aliphatic rings. The third-order valence-electron chi connectivity index (χ3n) is 5.10. The Hall–Kier alpha value is -4.78. The molecule has 0 bridgehead atoms. The predicted molar refractivity (Wildman–Crippen MR) is 441 cm³/mol. The number of hydrogen-bond acceptors (Lipinski definition) is 9. The highest BCUT2D eigenvalue weighted by Gasteiger charge is 1.73. The zero-order valence-corrected chi connectivity index (χ0v) is 68.2. The van der Waals surface area contributed by atoms with E-state index in [4.69, 9.17) is 24.1 Å². The van der Waals surface area contributed by atoms with Crippen molar-refractivity contribution in [1.29, 1.82) is 0 Å². The summed E-state index contributed by atoms with van der Waals surface area (Å²) in [5, 5.41) is 7.76. The summed E-state index contributed by atoms with van der Waals surface area (Å²) in [4.78, 5) is 0. The number of aryl methyl sites for hydroxylation is 2. The molecule has 92 heavy (non-hydrogen) atoms. The Balaban J connectivity index is -0.0000000261. The predicted octanol–water partition coefficient (Wildman–Crippen LogP) is 27.0. The highest BCUT2D eigenvalue weighted by Crippen LogP contribution is 1.93. The van der Waals surface area contributed by atoms with E-state index in [-0.39, 0.29) is 21.5 Å². The van der Waals surface area contributed by atoms with Crippen LogP contribution in [0.25, 0.3) is 0 Å². The molecule has 9 heteroatoms. The summed E-state index contributed by atoms with van der Waals surface area (Å²) in [6.07, 6.45) is 8.39. The second-order valence-corrected chi connectivity index (χ2v) is 11.5. The molecule has 1 N–H and O–H groups in total. The van der Waals surface area contributed by atoms with Crippen LogP contribution < -0.4 is 0 Å². The molecule has 0 spiro atoms. The minimum Gasteiger partial charge on any atom is -0.392 e. The maximum Gasteiger partial charge on any atom is 0.0644 e. The zero-order chi connectivity index (χ0) is 76.3. The lowest BCUT2D eigenvalue weighted by molar-refractivity contribution is 0.177. The van der Waals surface area contributed by atoms with Crippen molar-refractivity contribution >= 4 is 0 Å². The number of rotatable bonds is 13. The average molecular weight is 1320 g/mol. The third-order valence-corrected chi connectivity index (χ3v) is 5.10. The van der Waals surface area contributed by atoms with Crippen molar-refractivity contribution in [2.45, 2.75) is 223 Å². The smallest absolute Gasteiger partial charge is 0.0644 e. The largest absolute Gasteiger partial charge is 0.392 e. The van der Waals surface area contributed by atoms with E-state index >= 15 is 0 Å². The lowest BCUT2D eigenvalue weighted by atomic mass is 10.2. The van der Waals surface area contributed by atoms with Crippen LogP contribution in [0, 0.1) is 13.8 Å². The van der Waals surface area contributed by atoms with Gasteiger partial charge in [0.05, 0.1) is 33.0 Å². The normalized spacial score (nSPS) is 6.34. The maximum atomic E-state index is 7.76. The van der Waals surface area contributed by atoms with Crippen molar-refractivity contribution in [1.82, 2.24) is 0 Å². The minimum atomic E-state index is 0. The van der Waals surface area contributed by atoms with Gasteiger partial charge < -0.3 is 43.0 Å². The summed E-state index contributed by atoms with van der Waals surface area (Å²) < 4.78 is 36.5. The fourth-order valence-electron chi connectivity index (χ4n) is 2.64. The molecule has 4 aromatic carbocycles. The van der Waals surface area contributed by atoms with E-state index in [2.05, 4.69) is 90.0 Å². The lowest BCUT2D eigenvalue weighted by Crippen LogP contribution is -1.86. The molecule has 0 aliphatic heterocycles. The highest BCUT2D eigenvalue weighted by atomic mass is 16.5. The number of aliphatic hydroxyl groups is 1. The second kappa shape index (κ2) is 306. The van der Waals surface area contributed by atoms with E-state index in [1.54, 1.807) is 81.2 Å². The first-order valence-corrected chi connectivity index (χ1v) is 33.6. The van der Waals surface area contributed by atoms with E-state index in [1.807, 2.05) is 303 Å². The van der Waals surface area contributed by atoms with Crippen LogP contribution in [0.4, 0.5) is 0 Å². The quantitative estimate of drug-likeness (QED) is 0.104. The Kier molecular flexibility index (Phi) is 523. The van der Waals surface area contributed by atoms with E-state index in [9.17, 15) is 0 Å². The van der Waals surface area contributed by atoms with Crippen molar-refractivity contribution in [2.24, 2.45) is 0 Å². The third kappa shape index (κ3) is 461. The molecule has 9 nitrogen and oxygen atoms in total. The molecule has 4 aromatic rings. The summed E-state index contributed by atoms with van der Waals surface area (Å²) in [6.45, 7) is 83.1. The first kappa shape index (κ1) is 157. The van der Waals surface area contributed by atoms with E-state index < -0.39 is 0 Å². The van der Waals surface area contributed by atoms with Gasteiger partial charge in [-0.2, -0.15) is 0 Å². The van der Waals surface area contributed by atoms with Crippen molar-refractivity contribution in [3.05, 3.63) is 208 Å². The van der Waals surface area contributed by atoms with Gasteiger partial charge in [-0.3, -0.25) is 0 Å². The number of hydrogen-bond donors (Lipinski definition) is 1. The molecule has 0 heterocycles. The van der Waals surface area contributed by atoms with Crippen LogP contribution in [0.2, 0.25) is 0 Å². The Morgan fingerprint density at radius 1 is 0.261 bits per heavy atom. The zero-order valence-electron chi connectivity index (χ0n) is 68.2. The number of methoxy groups -OCH3 is 4. The van der Waals surface area contributed by atoms with Gasteiger partial charge in [0.2, 0.25) is 0 Å². The molecule has 564 valence electrons. The van der Waals surface area contributed by atoms with Crippen LogP contribution in [0.3, 0.4) is 0 Å². The Morgan fingerprint density at radius 2 is 0.359 bits per heavy atom. The molecule has 4 rings (SSSR count). The van der Waals surface area contributed by atoms with Crippen LogP contribution >= 0.6 is 0 Å². The van der Waals surface area contributed by atoms with Gasteiger partial charge in [-0.1, -0.05) is 356 Å². The topological polar surface area (TPSA) is 94.1 Å². The summed E-state index contributed by atoms with van der Waals surface area (Å²) in [5.41, 5.74) is 2.64. The summed E-state index contributed by atoms with van der Waals surface area (Å²) in [7, 11) is 13.0. The first-order valence-electron chi connectivity index (χ1n) is 33.6. The Labute approximate surface area is 587 Å². The molecule has 0 saturated heterocycles. The minimum absolute atomic E-state index is 0. The molecule has 0 fully saturated rings. The van der Waals surface area contributed by atoms with Gasteiger partial charge in [0.15, 0.2) is 0 Å². The van der Waals surface area contributed by atoms with Crippen molar-refractivity contribution in [2.75, 3.05) is 116 Å². The van der Waals surface area contributed by atoms with Crippen LogP contribution in [0.1, 0.15) is 220 Å². The lowest BCUT2D eigenvalue weighted by Gasteiger charge is -1.88. The number of ether oxygens (including phenoxy) is 8. The van der Waals surface area contributed by atoms with Gasteiger partial charge in [-0.25, -0.2) is 0 Å². The van der Waals surface area contributed by atoms with Crippen LogP contribution in [-0.2, 0) is 37.9 Å². The SMILES string of the molecule is C.C.C=CCO.C=CCOCC.C=CCOCC.C=CCOCC.C=CCOCC.CC.CC.CC.CC.CC.CC.CC.CC.CC.CC.CC.CC.COC.COC.COC.COC.Cc1ccccc1.Cc1ccccc1.c1ccccc1.c1ccccc1. The maximum absolute atomic E-state index is 7.76. The number of aliphatic hydroxyl groups excluding tert-OH is 1. The van der Waals surface area contributed by atoms with Gasteiger partial charge in [0.25, 0.3) is 0 Å². The standard InChI is InChI=1S/2C7H8.2C6H6.4C5H10O.C3H6O.4C2H6O.12C2H6.2CH4/c2*1-7-5-3-2-4-6-7;2*1-2-4-6-5-3-1;4*1-3-5-6-4-2;1-2-3-4;4*1-3-2;12*1-2;;/h2*2-6H,1H3;2*1-6H;4*3H,1,4-5H2,2H3;2,4H,1,3H2;4*1-2H3;12*1-2H3;2*1H4.